The van der Waals surface area contributed by atoms with Crippen molar-refractivity contribution in [2.75, 3.05) is 20.3 Å². The van der Waals surface area contributed by atoms with Gasteiger partial charge in [0.1, 0.15) is 17.9 Å². The smallest absolute Gasteiger partial charge is 0.277 e. The molecule has 0 aliphatic rings. The maximum Gasteiger partial charge on any atom is 0.277 e. The van der Waals surface area contributed by atoms with Gasteiger partial charge >= 0.3 is 0 Å². The van der Waals surface area contributed by atoms with E-state index in [1.165, 1.54) is 13.3 Å². The fourth-order valence-electron chi connectivity index (χ4n) is 2.62. The molecule has 0 fully saturated rings. The van der Waals surface area contributed by atoms with Crippen LogP contribution in [-0.4, -0.2) is 37.4 Å². The second-order valence-electron chi connectivity index (χ2n) is 5.94. The third-order valence-corrected chi connectivity index (χ3v) is 4.71. The van der Waals surface area contributed by atoms with Crippen molar-refractivity contribution in [2.24, 2.45) is 5.10 Å². The Balaban J connectivity index is 1.60. The van der Waals surface area contributed by atoms with E-state index in [0.29, 0.717) is 22.8 Å². The van der Waals surface area contributed by atoms with Crippen LogP contribution < -0.4 is 19.6 Å². The summed E-state index contributed by atoms with van der Waals surface area (Å²) >= 11 is 2.12. The fraction of sp³-hybridized carbons (Fsp3) is 0.136. The number of nitrogens with one attached hydrogen (secondary N) is 1. The molecule has 0 unspecified atom stereocenters. The Hall–Kier alpha value is -3.32. The second-order valence-corrected chi connectivity index (χ2v) is 7.10. The average molecular weight is 515 g/mol. The Morgan fingerprint density at radius 1 is 1.27 bits per heavy atom. The molecule has 8 heteroatoms. The van der Waals surface area contributed by atoms with Gasteiger partial charge in [-0.05, 0) is 52.4 Å². The molecule has 0 bridgehead atoms. The largest absolute Gasteiger partial charge is 0.493 e. The topological polar surface area (TPSA) is 82.0 Å². The number of carbonyl (C=O) groups is 1. The molecule has 1 heterocycles. The van der Waals surface area contributed by atoms with Gasteiger partial charge in [0, 0.05) is 11.6 Å². The fourth-order valence-corrected chi connectivity index (χ4v) is 3.40. The SMILES string of the molecule is C#CCOc1c(I)cc(/C=N/NC(=O)COc2cccc3cccnc23)cc1OC. The summed E-state index contributed by atoms with van der Waals surface area (Å²) in [7, 11) is 1.54. The van der Waals surface area contributed by atoms with Crippen LogP contribution in [0.4, 0.5) is 0 Å². The summed E-state index contributed by atoms with van der Waals surface area (Å²) in [5.41, 5.74) is 3.86. The molecule has 0 atom stereocenters. The first-order valence-electron chi connectivity index (χ1n) is 8.84. The van der Waals surface area contributed by atoms with Gasteiger partial charge in [0.15, 0.2) is 18.1 Å². The predicted octanol–water partition coefficient (Wildman–Crippen LogP) is 3.39. The molecule has 7 nitrogen and oxygen atoms in total. The van der Waals surface area contributed by atoms with Crippen molar-refractivity contribution >= 4 is 45.6 Å². The molecule has 1 aromatic heterocycles. The van der Waals surface area contributed by atoms with Crippen LogP contribution >= 0.6 is 22.6 Å². The molecule has 3 aromatic rings. The van der Waals surface area contributed by atoms with Crippen LogP contribution in [0.3, 0.4) is 0 Å². The van der Waals surface area contributed by atoms with Gasteiger partial charge in [-0.25, -0.2) is 5.43 Å². The number of halogens is 1. The van der Waals surface area contributed by atoms with E-state index in [1.54, 1.807) is 18.3 Å². The highest BCUT2D eigenvalue weighted by Crippen LogP contribution is 2.33. The standard InChI is InChI=1S/C22H18IN3O4/c1-3-10-29-22-17(23)11-15(12-19(22)28-2)13-25-26-20(27)14-30-18-8-4-6-16-7-5-9-24-21(16)18/h1,4-9,11-13H,10,14H2,2H3,(H,26,27)/b25-13+. The lowest BCUT2D eigenvalue weighted by molar-refractivity contribution is -0.123. The van der Waals surface area contributed by atoms with Gasteiger partial charge in [0.05, 0.1) is 16.9 Å². The number of hydrazone groups is 1. The number of hydrogen-bond donors (Lipinski definition) is 1. The number of aromatic nitrogens is 1. The van der Waals surface area contributed by atoms with Crippen LogP contribution in [0, 0.1) is 15.9 Å². The number of pyridine rings is 1. The minimum atomic E-state index is -0.394. The quantitative estimate of drug-likeness (QED) is 0.215. The van der Waals surface area contributed by atoms with E-state index in [1.807, 2.05) is 30.3 Å². The minimum absolute atomic E-state index is 0.141. The number of amides is 1. The molecule has 0 radical (unpaired) electrons. The van der Waals surface area contributed by atoms with Gasteiger partial charge in [-0.2, -0.15) is 5.10 Å². The molecule has 152 valence electrons. The van der Waals surface area contributed by atoms with E-state index in [2.05, 4.69) is 44.0 Å². The van der Waals surface area contributed by atoms with Gasteiger partial charge in [-0.1, -0.05) is 24.1 Å². The third kappa shape index (κ3) is 5.39. The van der Waals surface area contributed by atoms with Gasteiger partial charge in [-0.3, -0.25) is 9.78 Å². The normalized spacial score (nSPS) is 10.6. The monoisotopic (exact) mass is 515 g/mol. The lowest BCUT2D eigenvalue weighted by Gasteiger charge is -2.11. The van der Waals surface area contributed by atoms with Crippen molar-refractivity contribution in [2.45, 2.75) is 0 Å². The molecule has 0 saturated carbocycles. The summed E-state index contributed by atoms with van der Waals surface area (Å²) in [4.78, 5) is 16.4. The van der Waals surface area contributed by atoms with Gasteiger partial charge in [0.25, 0.3) is 5.91 Å². The number of rotatable bonds is 8. The number of terminal acetylenes is 1. The molecular formula is C22H18IN3O4. The summed E-state index contributed by atoms with van der Waals surface area (Å²) in [5, 5.41) is 4.91. The molecular weight excluding hydrogens is 497 g/mol. The maximum atomic E-state index is 12.1. The first kappa shape index (κ1) is 21.4. The van der Waals surface area contributed by atoms with Gasteiger partial charge in [0.2, 0.25) is 0 Å². The van der Waals surface area contributed by atoms with E-state index < -0.39 is 5.91 Å². The minimum Gasteiger partial charge on any atom is -0.493 e. The van der Waals surface area contributed by atoms with Crippen molar-refractivity contribution in [1.82, 2.24) is 10.4 Å². The van der Waals surface area contributed by atoms with E-state index in [4.69, 9.17) is 20.6 Å². The zero-order valence-corrected chi connectivity index (χ0v) is 18.3. The van der Waals surface area contributed by atoms with Crippen molar-refractivity contribution in [3.63, 3.8) is 0 Å². The summed E-state index contributed by atoms with van der Waals surface area (Å²) in [5.74, 6) is 3.65. The molecule has 0 saturated heterocycles. The van der Waals surface area contributed by atoms with Crippen LogP contribution in [0.1, 0.15) is 5.56 Å². The van der Waals surface area contributed by atoms with Crippen LogP contribution in [0.25, 0.3) is 10.9 Å². The average Bonchev–Trinajstić information content (AvgIpc) is 2.76. The Labute approximate surface area is 187 Å². The molecule has 3 rings (SSSR count). The number of benzene rings is 2. The highest BCUT2D eigenvalue weighted by molar-refractivity contribution is 14.1. The number of hydrogen-bond acceptors (Lipinski definition) is 6. The Bertz CT molecular complexity index is 1120. The van der Waals surface area contributed by atoms with E-state index in [0.717, 1.165) is 14.5 Å². The Kier molecular flexibility index (Phi) is 7.45. The highest BCUT2D eigenvalue weighted by atomic mass is 127. The van der Waals surface area contributed by atoms with E-state index >= 15 is 0 Å². The zero-order valence-electron chi connectivity index (χ0n) is 16.1. The number of fused-ring (bicyclic) bond motifs is 1. The molecule has 1 N–H and O–H groups in total. The summed E-state index contributed by atoms with van der Waals surface area (Å²) in [6.45, 7) is -0.0468. The van der Waals surface area contributed by atoms with Crippen LogP contribution in [0.5, 0.6) is 17.2 Å². The number of para-hydroxylation sites is 1. The summed E-state index contributed by atoms with van der Waals surface area (Å²) in [6, 6.07) is 12.9. The van der Waals surface area contributed by atoms with E-state index in [9.17, 15) is 4.79 Å². The number of ether oxygens (including phenoxy) is 3. The molecule has 0 aliphatic carbocycles. The lowest BCUT2D eigenvalue weighted by Crippen LogP contribution is -2.24. The first-order valence-corrected chi connectivity index (χ1v) is 9.92. The Morgan fingerprint density at radius 3 is 2.90 bits per heavy atom. The number of nitrogens with zero attached hydrogens (tertiary/aromatic N) is 2. The lowest BCUT2D eigenvalue weighted by atomic mass is 10.2. The zero-order chi connectivity index (χ0) is 21.3. The molecule has 30 heavy (non-hydrogen) atoms. The molecule has 1 amide bonds. The third-order valence-electron chi connectivity index (χ3n) is 3.91. The predicted molar refractivity (Wildman–Crippen MR) is 123 cm³/mol. The van der Waals surface area contributed by atoms with Crippen LogP contribution in [0.2, 0.25) is 0 Å². The van der Waals surface area contributed by atoms with Crippen molar-refractivity contribution in [3.05, 3.63) is 57.8 Å². The van der Waals surface area contributed by atoms with Gasteiger partial charge in [-0.15, -0.1) is 6.42 Å². The molecule has 2 aromatic carbocycles. The number of carbonyl (C=O) groups excluding carboxylic acids is 1. The molecule has 0 spiro atoms. The van der Waals surface area contributed by atoms with E-state index in [-0.39, 0.29) is 13.2 Å². The second kappa shape index (κ2) is 10.5. The van der Waals surface area contributed by atoms with Crippen LogP contribution in [-0.2, 0) is 4.79 Å². The van der Waals surface area contributed by atoms with Crippen molar-refractivity contribution < 1.29 is 19.0 Å². The highest BCUT2D eigenvalue weighted by Gasteiger charge is 2.11. The van der Waals surface area contributed by atoms with Crippen molar-refractivity contribution in [3.8, 4) is 29.6 Å². The summed E-state index contributed by atoms with van der Waals surface area (Å²) < 4.78 is 17.2. The summed E-state index contributed by atoms with van der Waals surface area (Å²) in [6.07, 6.45) is 8.42. The molecule has 0 aliphatic heterocycles. The first-order chi connectivity index (χ1) is 14.6. The maximum absolute atomic E-state index is 12.1. The number of methoxy groups -OCH3 is 1. The van der Waals surface area contributed by atoms with Crippen LogP contribution in [0.15, 0.2) is 53.8 Å². The Morgan fingerprint density at radius 2 is 2.10 bits per heavy atom. The van der Waals surface area contributed by atoms with Gasteiger partial charge < -0.3 is 14.2 Å². The van der Waals surface area contributed by atoms with Crippen molar-refractivity contribution in [1.29, 1.82) is 0 Å².